The van der Waals surface area contributed by atoms with Crippen molar-refractivity contribution in [2.45, 2.75) is 13.0 Å². The van der Waals surface area contributed by atoms with Crippen molar-refractivity contribution in [3.05, 3.63) is 29.5 Å². The predicted octanol–water partition coefficient (Wildman–Crippen LogP) is 1.08. The first-order valence-corrected chi connectivity index (χ1v) is 7.28. The summed E-state index contributed by atoms with van der Waals surface area (Å²) in [4.78, 5) is 25.7. The number of rotatable bonds is 3. The highest BCUT2D eigenvalue weighted by molar-refractivity contribution is 6.07. The zero-order valence-corrected chi connectivity index (χ0v) is 13.0. The molecule has 1 aromatic carbocycles. The van der Waals surface area contributed by atoms with Gasteiger partial charge in [0.2, 0.25) is 5.91 Å². The first kappa shape index (κ1) is 15.4. The molecule has 2 amide bonds. The molecule has 1 aromatic heterocycles. The first-order valence-electron chi connectivity index (χ1n) is 7.28. The molecule has 7 nitrogen and oxygen atoms in total. The van der Waals surface area contributed by atoms with Crippen LogP contribution in [-0.4, -0.2) is 49.6 Å². The van der Waals surface area contributed by atoms with E-state index in [1.807, 2.05) is 0 Å². The van der Waals surface area contributed by atoms with Gasteiger partial charge in [0.15, 0.2) is 6.10 Å². The molecule has 122 valence electrons. The van der Waals surface area contributed by atoms with Crippen molar-refractivity contribution in [2.24, 2.45) is 5.73 Å². The Morgan fingerprint density at radius 3 is 2.87 bits per heavy atom. The summed E-state index contributed by atoms with van der Waals surface area (Å²) in [5.41, 5.74) is 6.36. The minimum atomic E-state index is -0.777. The Bertz CT molecular complexity index is 767. The Labute approximate surface area is 132 Å². The number of fused-ring (bicyclic) bond motifs is 1. The lowest BCUT2D eigenvalue weighted by molar-refractivity contribution is -0.133. The number of carbonyl (C=O) groups is 2. The number of benzene rings is 1. The number of amides is 2. The fourth-order valence-electron chi connectivity index (χ4n) is 2.76. The SMILES string of the molecule is COc1ccc2oc(C)c(C(=O)N3CCOC(C(N)=O)C3)c2c1. The zero-order chi connectivity index (χ0) is 16.6. The number of carbonyl (C=O) groups excluding carboxylic acids is 2. The van der Waals surface area contributed by atoms with Gasteiger partial charge in [0.1, 0.15) is 17.1 Å². The molecule has 2 aromatic rings. The van der Waals surface area contributed by atoms with Crippen molar-refractivity contribution < 1.29 is 23.5 Å². The molecule has 0 radical (unpaired) electrons. The highest BCUT2D eigenvalue weighted by Crippen LogP contribution is 2.30. The molecule has 1 unspecified atom stereocenters. The lowest BCUT2D eigenvalue weighted by Crippen LogP contribution is -2.50. The quantitative estimate of drug-likeness (QED) is 0.913. The molecule has 1 saturated heterocycles. The number of hydrogen-bond acceptors (Lipinski definition) is 5. The van der Waals surface area contributed by atoms with Crippen LogP contribution in [0.25, 0.3) is 11.0 Å². The molecule has 0 aliphatic carbocycles. The average Bonchev–Trinajstić information content (AvgIpc) is 2.89. The maximum absolute atomic E-state index is 12.9. The summed E-state index contributed by atoms with van der Waals surface area (Å²) >= 11 is 0. The number of morpholine rings is 1. The molecule has 1 atom stereocenters. The van der Waals surface area contributed by atoms with E-state index in [1.54, 1.807) is 37.1 Å². The monoisotopic (exact) mass is 318 g/mol. The lowest BCUT2D eigenvalue weighted by Gasteiger charge is -2.31. The van der Waals surface area contributed by atoms with Gasteiger partial charge in [0, 0.05) is 11.9 Å². The molecule has 0 spiro atoms. The molecule has 1 aliphatic rings. The Kier molecular flexibility index (Phi) is 3.96. The van der Waals surface area contributed by atoms with Crippen LogP contribution in [0.4, 0.5) is 0 Å². The molecule has 3 rings (SSSR count). The summed E-state index contributed by atoms with van der Waals surface area (Å²) in [5.74, 6) is 0.395. The number of methoxy groups -OCH3 is 1. The Hall–Kier alpha value is -2.54. The van der Waals surface area contributed by atoms with Crippen LogP contribution in [0.1, 0.15) is 16.1 Å². The minimum absolute atomic E-state index is 0.143. The summed E-state index contributed by atoms with van der Waals surface area (Å²) < 4.78 is 16.2. The van der Waals surface area contributed by atoms with Gasteiger partial charge in [-0.15, -0.1) is 0 Å². The van der Waals surface area contributed by atoms with Crippen molar-refractivity contribution in [1.29, 1.82) is 0 Å². The minimum Gasteiger partial charge on any atom is -0.497 e. The van der Waals surface area contributed by atoms with Gasteiger partial charge in [0.25, 0.3) is 5.91 Å². The van der Waals surface area contributed by atoms with E-state index < -0.39 is 12.0 Å². The van der Waals surface area contributed by atoms with Crippen LogP contribution in [0.3, 0.4) is 0 Å². The normalized spacial score (nSPS) is 18.2. The van der Waals surface area contributed by atoms with Crippen molar-refractivity contribution in [3.63, 3.8) is 0 Å². The number of hydrogen-bond donors (Lipinski definition) is 1. The Morgan fingerprint density at radius 1 is 1.39 bits per heavy atom. The number of nitrogens with zero attached hydrogens (tertiary/aromatic N) is 1. The van der Waals surface area contributed by atoms with Gasteiger partial charge in [-0.25, -0.2) is 0 Å². The van der Waals surface area contributed by atoms with Crippen molar-refractivity contribution in [1.82, 2.24) is 4.90 Å². The van der Waals surface area contributed by atoms with Gasteiger partial charge in [-0.1, -0.05) is 0 Å². The third-order valence-electron chi connectivity index (χ3n) is 3.96. The van der Waals surface area contributed by atoms with Crippen molar-refractivity contribution in [2.75, 3.05) is 26.8 Å². The number of nitrogens with two attached hydrogens (primary N) is 1. The van der Waals surface area contributed by atoms with Crippen molar-refractivity contribution in [3.8, 4) is 5.75 Å². The number of ether oxygens (including phenoxy) is 2. The van der Waals surface area contributed by atoms with Crippen LogP contribution in [0.2, 0.25) is 0 Å². The Morgan fingerprint density at radius 2 is 2.17 bits per heavy atom. The number of primary amides is 1. The molecule has 2 N–H and O–H groups in total. The summed E-state index contributed by atoms with van der Waals surface area (Å²) in [5, 5.41) is 0.689. The van der Waals surface area contributed by atoms with Crippen LogP contribution < -0.4 is 10.5 Å². The molecule has 2 heterocycles. The van der Waals surface area contributed by atoms with Crippen LogP contribution in [0, 0.1) is 6.92 Å². The average molecular weight is 318 g/mol. The van der Waals surface area contributed by atoms with Gasteiger partial charge in [-0.2, -0.15) is 0 Å². The number of furan rings is 1. The molecule has 7 heteroatoms. The standard InChI is InChI=1S/C16H18N2O5/c1-9-14(11-7-10(21-2)3-4-12(11)23-9)16(20)18-5-6-22-13(8-18)15(17)19/h3-4,7,13H,5-6,8H2,1-2H3,(H2,17,19). The second-order valence-corrected chi connectivity index (χ2v) is 5.41. The lowest BCUT2D eigenvalue weighted by atomic mass is 10.1. The van der Waals surface area contributed by atoms with Crippen LogP contribution in [0.5, 0.6) is 5.75 Å². The smallest absolute Gasteiger partial charge is 0.258 e. The molecule has 23 heavy (non-hydrogen) atoms. The predicted molar refractivity (Wildman–Crippen MR) is 82.3 cm³/mol. The van der Waals surface area contributed by atoms with Gasteiger partial charge >= 0.3 is 0 Å². The van der Waals surface area contributed by atoms with Gasteiger partial charge < -0.3 is 24.5 Å². The molecule has 1 fully saturated rings. The van der Waals surface area contributed by atoms with E-state index in [0.29, 0.717) is 34.6 Å². The van der Waals surface area contributed by atoms with E-state index in [4.69, 9.17) is 19.6 Å². The molecule has 0 bridgehead atoms. The fourth-order valence-corrected chi connectivity index (χ4v) is 2.76. The third kappa shape index (κ3) is 2.75. The summed E-state index contributed by atoms with van der Waals surface area (Å²) in [6.07, 6.45) is -0.777. The fraction of sp³-hybridized carbons (Fsp3) is 0.375. The largest absolute Gasteiger partial charge is 0.497 e. The number of aryl methyl sites for hydroxylation is 1. The summed E-state index contributed by atoms with van der Waals surface area (Å²) in [6, 6.07) is 5.31. The highest BCUT2D eigenvalue weighted by Gasteiger charge is 2.31. The molecular weight excluding hydrogens is 300 g/mol. The van der Waals surface area contributed by atoms with Gasteiger partial charge in [0.05, 0.1) is 25.8 Å². The molecule has 0 saturated carbocycles. The second-order valence-electron chi connectivity index (χ2n) is 5.41. The van der Waals surface area contributed by atoms with E-state index in [9.17, 15) is 9.59 Å². The van der Waals surface area contributed by atoms with E-state index in [-0.39, 0.29) is 19.1 Å². The van der Waals surface area contributed by atoms with Crippen LogP contribution in [-0.2, 0) is 9.53 Å². The maximum Gasteiger partial charge on any atom is 0.258 e. The third-order valence-corrected chi connectivity index (χ3v) is 3.96. The van der Waals surface area contributed by atoms with Crippen LogP contribution >= 0.6 is 0 Å². The van der Waals surface area contributed by atoms with E-state index in [2.05, 4.69) is 0 Å². The zero-order valence-electron chi connectivity index (χ0n) is 13.0. The van der Waals surface area contributed by atoms with Crippen LogP contribution in [0.15, 0.2) is 22.6 Å². The first-order chi connectivity index (χ1) is 11.0. The maximum atomic E-state index is 12.9. The van der Waals surface area contributed by atoms with Gasteiger partial charge in [-0.3, -0.25) is 9.59 Å². The second kappa shape index (κ2) is 5.92. The summed E-state index contributed by atoms with van der Waals surface area (Å²) in [7, 11) is 1.56. The molecule has 1 aliphatic heterocycles. The van der Waals surface area contributed by atoms with E-state index >= 15 is 0 Å². The van der Waals surface area contributed by atoms with E-state index in [0.717, 1.165) is 0 Å². The van der Waals surface area contributed by atoms with E-state index in [1.165, 1.54) is 0 Å². The summed E-state index contributed by atoms with van der Waals surface area (Å²) in [6.45, 7) is 2.56. The van der Waals surface area contributed by atoms with Gasteiger partial charge in [-0.05, 0) is 25.1 Å². The topological polar surface area (TPSA) is 95.0 Å². The molecular formula is C16H18N2O5. The van der Waals surface area contributed by atoms with Crippen molar-refractivity contribution >= 4 is 22.8 Å². The highest BCUT2D eigenvalue weighted by atomic mass is 16.5. The Balaban J connectivity index is 1.97.